The maximum absolute atomic E-state index is 12.4. The molecule has 2 heterocycles. The maximum Gasteiger partial charge on any atom is 0.273 e. The van der Waals surface area contributed by atoms with Gasteiger partial charge in [0.25, 0.3) is 5.91 Å². The van der Waals surface area contributed by atoms with Crippen molar-refractivity contribution in [2.45, 2.75) is 38.0 Å². The summed E-state index contributed by atoms with van der Waals surface area (Å²) in [5, 5.41) is 20.9. The van der Waals surface area contributed by atoms with E-state index in [4.69, 9.17) is 4.52 Å². The molecule has 0 aliphatic heterocycles. The van der Waals surface area contributed by atoms with E-state index in [2.05, 4.69) is 15.6 Å². The first-order valence-corrected chi connectivity index (χ1v) is 8.66. The number of hydrogen-bond acceptors (Lipinski definition) is 5. The van der Waals surface area contributed by atoms with Crippen molar-refractivity contribution in [1.29, 1.82) is 0 Å². The molecule has 0 bridgehead atoms. The minimum absolute atomic E-state index is 0.0652. The number of benzene rings is 1. The monoisotopic (exact) mass is 352 g/mol. The minimum atomic E-state index is -0.558. The van der Waals surface area contributed by atoms with E-state index >= 15 is 0 Å². The van der Waals surface area contributed by atoms with Crippen LogP contribution in [0.3, 0.4) is 0 Å². The predicted molar refractivity (Wildman–Crippen MR) is 94.3 cm³/mol. The van der Waals surface area contributed by atoms with Gasteiger partial charge in [-0.15, -0.1) is 0 Å². The first-order valence-electron chi connectivity index (χ1n) is 8.66. The number of aliphatic hydroxyl groups excluding tert-OH is 1. The quantitative estimate of drug-likeness (QED) is 0.736. The van der Waals surface area contributed by atoms with Crippen LogP contribution < -0.4 is 5.32 Å². The molecule has 4 rings (SSSR count). The molecule has 1 aromatic carbocycles. The molecule has 0 spiro atoms. The van der Waals surface area contributed by atoms with Crippen LogP contribution in [0.15, 0.2) is 53.2 Å². The average Bonchev–Trinajstić information content (AvgIpc) is 3.27. The Labute approximate surface area is 150 Å². The van der Waals surface area contributed by atoms with Crippen molar-refractivity contribution in [2.24, 2.45) is 0 Å². The third-order valence-corrected chi connectivity index (χ3v) is 4.72. The molecule has 2 aromatic heterocycles. The van der Waals surface area contributed by atoms with E-state index in [1.807, 2.05) is 41.1 Å². The number of aliphatic hydroxyl groups is 1. The van der Waals surface area contributed by atoms with Gasteiger partial charge in [-0.05, 0) is 25.8 Å². The summed E-state index contributed by atoms with van der Waals surface area (Å²) in [6.07, 6.45) is 2.68. The Hall–Kier alpha value is -2.93. The smallest absolute Gasteiger partial charge is 0.273 e. The van der Waals surface area contributed by atoms with Crippen molar-refractivity contribution in [3.8, 4) is 11.3 Å². The number of aromatic nitrogens is 3. The lowest BCUT2D eigenvalue weighted by molar-refractivity contribution is 0.0871. The van der Waals surface area contributed by atoms with Crippen molar-refractivity contribution < 1.29 is 14.4 Å². The Morgan fingerprint density at radius 3 is 2.81 bits per heavy atom. The van der Waals surface area contributed by atoms with Crippen LogP contribution >= 0.6 is 0 Å². The molecular formula is C19H20N4O3. The molecule has 1 saturated carbocycles. The first-order chi connectivity index (χ1) is 12.6. The number of carbonyl (C=O) groups excluding carboxylic acids is 1. The van der Waals surface area contributed by atoms with Crippen LogP contribution in [0.5, 0.6) is 0 Å². The highest BCUT2D eigenvalue weighted by atomic mass is 16.5. The number of amides is 1. The van der Waals surface area contributed by atoms with Crippen LogP contribution in [0.1, 0.15) is 48.1 Å². The van der Waals surface area contributed by atoms with Crippen LogP contribution in [-0.2, 0) is 0 Å². The minimum Gasteiger partial charge on any atom is -0.387 e. The average molecular weight is 352 g/mol. The molecule has 1 amide bonds. The number of nitrogens with zero attached hydrogens (tertiary/aromatic N) is 3. The molecule has 134 valence electrons. The molecule has 3 aromatic rings. The summed E-state index contributed by atoms with van der Waals surface area (Å²) in [5.41, 5.74) is 1.95. The van der Waals surface area contributed by atoms with Gasteiger partial charge >= 0.3 is 0 Å². The summed E-state index contributed by atoms with van der Waals surface area (Å²) in [4.78, 5) is 12.4. The van der Waals surface area contributed by atoms with Crippen molar-refractivity contribution in [1.82, 2.24) is 20.3 Å². The fraction of sp³-hybridized carbons (Fsp3) is 0.316. The third-order valence-electron chi connectivity index (χ3n) is 4.72. The van der Waals surface area contributed by atoms with Crippen molar-refractivity contribution in [3.05, 3.63) is 60.0 Å². The third kappa shape index (κ3) is 3.13. The van der Waals surface area contributed by atoms with Gasteiger partial charge in [0.1, 0.15) is 0 Å². The van der Waals surface area contributed by atoms with Crippen molar-refractivity contribution >= 4 is 5.91 Å². The fourth-order valence-corrected chi connectivity index (χ4v) is 3.25. The summed E-state index contributed by atoms with van der Waals surface area (Å²) in [6, 6.07) is 13.3. The second-order valence-electron chi connectivity index (χ2n) is 6.61. The summed E-state index contributed by atoms with van der Waals surface area (Å²) in [6.45, 7) is 1.72. The van der Waals surface area contributed by atoms with Crippen LogP contribution in [0.2, 0.25) is 0 Å². The van der Waals surface area contributed by atoms with Gasteiger partial charge < -0.3 is 14.9 Å². The zero-order valence-corrected chi connectivity index (χ0v) is 14.4. The van der Waals surface area contributed by atoms with E-state index in [-0.39, 0.29) is 23.7 Å². The SMILES string of the molecule is C[C@@H](O)c1ccnn1C1CC(NC(=O)c2cc(-c3ccccc3)on2)C1. The first kappa shape index (κ1) is 16.5. The summed E-state index contributed by atoms with van der Waals surface area (Å²) in [7, 11) is 0. The summed E-state index contributed by atoms with van der Waals surface area (Å²) in [5.74, 6) is 0.330. The van der Waals surface area contributed by atoms with Gasteiger partial charge in [-0.3, -0.25) is 9.48 Å². The lowest BCUT2D eigenvalue weighted by Gasteiger charge is -2.36. The number of hydrogen-bond donors (Lipinski definition) is 2. The van der Waals surface area contributed by atoms with Crippen LogP contribution in [0.25, 0.3) is 11.3 Å². The molecule has 0 saturated heterocycles. The lowest BCUT2D eigenvalue weighted by Crippen LogP contribution is -2.45. The van der Waals surface area contributed by atoms with Gasteiger partial charge in [-0.1, -0.05) is 35.5 Å². The molecule has 2 N–H and O–H groups in total. The van der Waals surface area contributed by atoms with Gasteiger partial charge in [0, 0.05) is 23.9 Å². The zero-order valence-electron chi connectivity index (χ0n) is 14.4. The normalized spacial score (nSPS) is 20.4. The molecule has 1 fully saturated rings. The number of carbonyl (C=O) groups is 1. The van der Waals surface area contributed by atoms with E-state index in [0.717, 1.165) is 24.1 Å². The van der Waals surface area contributed by atoms with Gasteiger partial charge in [0.05, 0.1) is 17.8 Å². The van der Waals surface area contributed by atoms with E-state index < -0.39 is 6.10 Å². The molecule has 1 atom stereocenters. The van der Waals surface area contributed by atoms with Gasteiger partial charge in [-0.25, -0.2) is 0 Å². The molecule has 7 heteroatoms. The van der Waals surface area contributed by atoms with E-state index in [0.29, 0.717) is 5.76 Å². The highest BCUT2D eigenvalue weighted by Crippen LogP contribution is 2.34. The molecule has 1 aliphatic rings. The van der Waals surface area contributed by atoms with Crippen molar-refractivity contribution in [2.75, 3.05) is 0 Å². The van der Waals surface area contributed by atoms with Crippen LogP contribution in [0.4, 0.5) is 0 Å². The molecule has 7 nitrogen and oxygen atoms in total. The maximum atomic E-state index is 12.4. The predicted octanol–water partition coefficient (Wildman–Crippen LogP) is 2.72. The largest absolute Gasteiger partial charge is 0.387 e. The van der Waals surface area contributed by atoms with Gasteiger partial charge in [-0.2, -0.15) is 5.10 Å². The topological polar surface area (TPSA) is 93.2 Å². The molecule has 26 heavy (non-hydrogen) atoms. The van der Waals surface area contributed by atoms with E-state index in [9.17, 15) is 9.90 Å². The standard InChI is InChI=1S/C19H20N4O3/c1-12(24)17-7-8-20-23(17)15-9-14(10-15)21-19(25)16-11-18(26-22-16)13-5-3-2-4-6-13/h2-8,11-12,14-15,24H,9-10H2,1H3,(H,21,25)/t12-,14?,15?/m1/s1. The Bertz CT molecular complexity index is 894. The second-order valence-corrected chi connectivity index (χ2v) is 6.61. The second kappa shape index (κ2) is 6.76. The molecule has 0 radical (unpaired) electrons. The van der Waals surface area contributed by atoms with Gasteiger partial charge in [0.2, 0.25) is 0 Å². The Morgan fingerprint density at radius 2 is 2.08 bits per heavy atom. The number of nitrogens with one attached hydrogen (secondary N) is 1. The summed E-state index contributed by atoms with van der Waals surface area (Å²) < 4.78 is 7.12. The zero-order chi connectivity index (χ0) is 18.1. The van der Waals surface area contributed by atoms with E-state index in [1.165, 1.54) is 0 Å². The Kier molecular flexibility index (Phi) is 4.30. The highest BCUT2D eigenvalue weighted by Gasteiger charge is 2.34. The van der Waals surface area contributed by atoms with Crippen molar-refractivity contribution in [3.63, 3.8) is 0 Å². The van der Waals surface area contributed by atoms with Gasteiger partial charge in [0.15, 0.2) is 11.5 Å². The molecule has 0 unspecified atom stereocenters. The Morgan fingerprint density at radius 1 is 1.31 bits per heavy atom. The highest BCUT2D eigenvalue weighted by molar-refractivity contribution is 5.93. The number of rotatable bonds is 5. The fourth-order valence-electron chi connectivity index (χ4n) is 3.25. The molecule has 1 aliphatic carbocycles. The van der Waals surface area contributed by atoms with Crippen LogP contribution in [0, 0.1) is 0 Å². The molecular weight excluding hydrogens is 332 g/mol. The van der Waals surface area contributed by atoms with E-state index in [1.54, 1.807) is 19.2 Å². The summed E-state index contributed by atoms with van der Waals surface area (Å²) >= 11 is 0. The lowest BCUT2D eigenvalue weighted by atomic mass is 9.86. The van der Waals surface area contributed by atoms with Crippen LogP contribution in [-0.4, -0.2) is 32.0 Å². The Balaban J connectivity index is 1.36.